The van der Waals surface area contributed by atoms with Gasteiger partial charge >= 0.3 is 5.97 Å². The summed E-state index contributed by atoms with van der Waals surface area (Å²) in [4.78, 5) is 24.6. The van der Waals surface area contributed by atoms with Crippen LogP contribution in [0.15, 0.2) is 67.0 Å². The van der Waals surface area contributed by atoms with E-state index in [1.807, 2.05) is 30.5 Å². The summed E-state index contributed by atoms with van der Waals surface area (Å²) in [6.45, 7) is 3.25. The maximum atomic E-state index is 11.9. The van der Waals surface area contributed by atoms with Gasteiger partial charge in [-0.3, -0.25) is 4.90 Å². The summed E-state index contributed by atoms with van der Waals surface area (Å²) < 4.78 is 6.08. The number of nitrogens with zero attached hydrogens (tertiary/aromatic N) is 3. The highest BCUT2D eigenvalue weighted by atomic mass is 16.5. The number of aromatic carboxylic acids is 1. The van der Waals surface area contributed by atoms with Gasteiger partial charge in [-0.05, 0) is 86.4 Å². The second kappa shape index (κ2) is 9.10. The van der Waals surface area contributed by atoms with E-state index in [9.17, 15) is 9.90 Å². The normalized spacial score (nSPS) is 22.4. The molecule has 4 fully saturated rings. The molecule has 2 saturated heterocycles. The van der Waals surface area contributed by atoms with Crippen molar-refractivity contribution in [3.05, 3.63) is 83.7 Å². The van der Waals surface area contributed by atoms with Crippen LogP contribution in [0.3, 0.4) is 0 Å². The minimum atomic E-state index is -0.998. The Morgan fingerprint density at radius 1 is 1.02 bits per heavy atom. The van der Waals surface area contributed by atoms with Crippen LogP contribution < -0.4 is 9.64 Å². The first kappa shape index (κ1) is 24.0. The number of carbonyl (C=O) groups is 1. The number of H-pyrrole nitrogens is 1. The fourth-order valence-corrected chi connectivity index (χ4v) is 7.59. The molecule has 2 N–H and O–H groups in total. The summed E-state index contributed by atoms with van der Waals surface area (Å²) in [5.74, 6) is 0.670. The largest absolute Gasteiger partial charge is 0.478 e. The summed E-state index contributed by atoms with van der Waals surface area (Å²) in [6, 6.07) is 19.7. The molecule has 0 bridgehead atoms. The number of aromatic nitrogens is 2. The van der Waals surface area contributed by atoms with Crippen molar-refractivity contribution in [3.8, 4) is 11.5 Å². The van der Waals surface area contributed by atoms with E-state index in [2.05, 4.69) is 44.0 Å². The summed E-state index contributed by atoms with van der Waals surface area (Å²) >= 11 is 0. The van der Waals surface area contributed by atoms with Gasteiger partial charge in [-0.1, -0.05) is 24.3 Å². The lowest BCUT2D eigenvalue weighted by Gasteiger charge is -2.62. The number of ether oxygens (including phenoxy) is 1. The van der Waals surface area contributed by atoms with Crippen LogP contribution in [0.5, 0.6) is 11.5 Å². The molecule has 4 heterocycles. The van der Waals surface area contributed by atoms with Crippen LogP contribution in [0.2, 0.25) is 0 Å². The van der Waals surface area contributed by atoms with Crippen LogP contribution in [-0.4, -0.2) is 51.6 Å². The lowest BCUT2D eigenvalue weighted by atomic mass is 9.60. The van der Waals surface area contributed by atoms with E-state index in [1.165, 1.54) is 45.1 Å². The van der Waals surface area contributed by atoms with E-state index in [0.717, 1.165) is 35.7 Å². The number of likely N-dealkylation sites (tertiary alicyclic amines) is 1. The molecule has 0 amide bonds. The molecule has 2 saturated carbocycles. The fraction of sp³-hybridized carbons (Fsp3) is 0.394. The SMILES string of the molecule is O=C(O)c1ccc(N2CC3(CC(N4CCC[C@H]4c4ccccc4C4CC4)C3)C2)cc1Oc1cnc2[nH]ccc2c1. The number of fused-ring (bicyclic) bond motifs is 1. The Morgan fingerprint density at radius 2 is 1.85 bits per heavy atom. The van der Waals surface area contributed by atoms with E-state index < -0.39 is 5.97 Å². The van der Waals surface area contributed by atoms with E-state index in [-0.39, 0.29) is 5.56 Å². The highest BCUT2D eigenvalue weighted by molar-refractivity contribution is 5.92. The molecule has 204 valence electrons. The molecule has 2 aromatic heterocycles. The number of aromatic amines is 1. The van der Waals surface area contributed by atoms with E-state index in [1.54, 1.807) is 23.4 Å². The third-order valence-corrected chi connectivity index (χ3v) is 9.69. The number of hydrogen-bond acceptors (Lipinski definition) is 5. The molecule has 2 aromatic carbocycles. The van der Waals surface area contributed by atoms with Crippen molar-refractivity contribution in [1.29, 1.82) is 0 Å². The lowest BCUT2D eigenvalue weighted by Crippen LogP contribution is -2.66. The molecular weight excluding hydrogens is 500 g/mol. The van der Waals surface area contributed by atoms with E-state index >= 15 is 0 Å². The number of nitrogens with one attached hydrogen (secondary N) is 1. The van der Waals surface area contributed by atoms with Crippen molar-refractivity contribution in [2.75, 3.05) is 24.5 Å². The van der Waals surface area contributed by atoms with Crippen LogP contribution in [-0.2, 0) is 0 Å². The van der Waals surface area contributed by atoms with Gasteiger partial charge in [-0.2, -0.15) is 0 Å². The van der Waals surface area contributed by atoms with Gasteiger partial charge < -0.3 is 19.7 Å². The first-order valence-electron chi connectivity index (χ1n) is 14.6. The third kappa shape index (κ3) is 4.06. The van der Waals surface area contributed by atoms with Gasteiger partial charge in [0.25, 0.3) is 0 Å². The molecule has 1 atom stereocenters. The molecule has 2 aliphatic carbocycles. The van der Waals surface area contributed by atoms with Gasteiger partial charge in [-0.25, -0.2) is 9.78 Å². The molecule has 4 aliphatic rings. The number of rotatable bonds is 7. The highest BCUT2D eigenvalue weighted by Crippen LogP contribution is 2.55. The Labute approximate surface area is 233 Å². The average Bonchev–Trinajstić information content (AvgIpc) is 3.46. The van der Waals surface area contributed by atoms with Crippen LogP contribution in [0, 0.1) is 5.41 Å². The van der Waals surface area contributed by atoms with Crippen LogP contribution >= 0.6 is 0 Å². The van der Waals surface area contributed by atoms with Gasteiger partial charge in [0.2, 0.25) is 0 Å². The first-order valence-corrected chi connectivity index (χ1v) is 14.6. The monoisotopic (exact) mass is 534 g/mol. The van der Waals surface area contributed by atoms with Gasteiger partial charge in [0.05, 0.1) is 6.20 Å². The zero-order valence-electron chi connectivity index (χ0n) is 22.6. The number of hydrogen-bond donors (Lipinski definition) is 2. The minimum Gasteiger partial charge on any atom is -0.478 e. The van der Waals surface area contributed by atoms with Crippen molar-refractivity contribution in [2.24, 2.45) is 5.41 Å². The van der Waals surface area contributed by atoms with Crippen molar-refractivity contribution in [3.63, 3.8) is 0 Å². The molecule has 4 aromatic rings. The maximum Gasteiger partial charge on any atom is 0.339 e. The van der Waals surface area contributed by atoms with Gasteiger partial charge in [0.15, 0.2) is 0 Å². The van der Waals surface area contributed by atoms with E-state index in [4.69, 9.17) is 4.74 Å². The zero-order valence-corrected chi connectivity index (χ0v) is 22.6. The van der Waals surface area contributed by atoms with Crippen molar-refractivity contribution < 1.29 is 14.6 Å². The van der Waals surface area contributed by atoms with Gasteiger partial charge in [0, 0.05) is 53.9 Å². The molecule has 2 aliphatic heterocycles. The van der Waals surface area contributed by atoms with Crippen molar-refractivity contribution in [2.45, 2.75) is 56.5 Å². The Morgan fingerprint density at radius 3 is 2.65 bits per heavy atom. The minimum absolute atomic E-state index is 0.156. The van der Waals surface area contributed by atoms with Crippen LogP contribution in [0.25, 0.3) is 11.0 Å². The lowest BCUT2D eigenvalue weighted by molar-refractivity contribution is -0.0257. The summed E-state index contributed by atoms with van der Waals surface area (Å²) in [7, 11) is 0. The zero-order chi connectivity index (χ0) is 26.8. The highest BCUT2D eigenvalue weighted by Gasteiger charge is 2.55. The number of anilines is 1. The quantitative estimate of drug-likeness (QED) is 0.273. The van der Waals surface area contributed by atoms with Crippen LogP contribution in [0.1, 0.15) is 72.0 Å². The summed E-state index contributed by atoms with van der Waals surface area (Å²) in [6.07, 6.45) is 11.2. The number of benzene rings is 2. The molecule has 8 rings (SSSR count). The Hall–Kier alpha value is -3.84. The van der Waals surface area contributed by atoms with E-state index in [0.29, 0.717) is 29.0 Å². The van der Waals surface area contributed by atoms with Gasteiger partial charge in [-0.15, -0.1) is 0 Å². The maximum absolute atomic E-state index is 11.9. The molecule has 0 radical (unpaired) electrons. The third-order valence-electron chi connectivity index (χ3n) is 9.69. The second-order valence-electron chi connectivity index (χ2n) is 12.4. The standard InChI is InChI=1S/C33H34N4O3/c38-32(39)28-10-9-23(15-30(28)40-25-14-22-11-12-34-31(22)35-18-25)36-19-33(20-36)16-24(17-33)37-13-3-6-29(37)27-5-2-1-4-26(27)21-7-8-21/h1-2,4-5,9-12,14-15,18,21,24,29H,3,6-8,13,16-17,19-20H2,(H,34,35)(H,38,39)/t29-/m0/s1. The molecule has 1 spiro atoms. The Kier molecular flexibility index (Phi) is 5.46. The van der Waals surface area contributed by atoms with Crippen LogP contribution in [0.4, 0.5) is 5.69 Å². The molecule has 7 nitrogen and oxygen atoms in total. The summed E-state index contributed by atoms with van der Waals surface area (Å²) in [5, 5.41) is 10.7. The topological polar surface area (TPSA) is 81.7 Å². The Balaban J connectivity index is 0.952. The smallest absolute Gasteiger partial charge is 0.339 e. The molecule has 0 unspecified atom stereocenters. The second-order valence-corrected chi connectivity index (χ2v) is 12.4. The molecular formula is C33H34N4O3. The number of pyridine rings is 1. The predicted octanol–water partition coefficient (Wildman–Crippen LogP) is 6.74. The molecule has 7 heteroatoms. The fourth-order valence-electron chi connectivity index (χ4n) is 7.59. The predicted molar refractivity (Wildman–Crippen MR) is 154 cm³/mol. The Bertz CT molecular complexity index is 1590. The van der Waals surface area contributed by atoms with Gasteiger partial charge in [0.1, 0.15) is 22.7 Å². The van der Waals surface area contributed by atoms with Crippen molar-refractivity contribution in [1.82, 2.24) is 14.9 Å². The first-order chi connectivity index (χ1) is 19.6. The molecule has 40 heavy (non-hydrogen) atoms. The summed E-state index contributed by atoms with van der Waals surface area (Å²) in [5.41, 5.74) is 5.52. The van der Waals surface area contributed by atoms with Crippen molar-refractivity contribution >= 4 is 22.7 Å². The average molecular weight is 535 g/mol. The number of carboxylic acid groups (broad SMARTS) is 1. The number of carboxylic acids is 1.